The number of hydrogen-bond acceptors (Lipinski definition) is 6. The zero-order valence-corrected chi connectivity index (χ0v) is 13.3. The number of aromatic nitrogens is 2. The lowest BCUT2D eigenvalue weighted by atomic mass is 9.96. The molecule has 8 heteroatoms. The summed E-state index contributed by atoms with van der Waals surface area (Å²) >= 11 is 0. The van der Waals surface area contributed by atoms with Gasteiger partial charge in [-0.25, -0.2) is 0 Å². The van der Waals surface area contributed by atoms with Crippen molar-refractivity contribution in [3.05, 3.63) is 22.5 Å². The second kappa shape index (κ2) is 7.66. The lowest BCUT2D eigenvalue weighted by Gasteiger charge is -2.32. The molecule has 0 aliphatic carbocycles. The molecule has 0 radical (unpaired) electrons. The van der Waals surface area contributed by atoms with Gasteiger partial charge in [-0.2, -0.15) is 5.10 Å². The minimum absolute atomic E-state index is 0.0492. The summed E-state index contributed by atoms with van der Waals surface area (Å²) in [7, 11) is 4.15. The number of rotatable bonds is 7. The number of hydrogen-bond donors (Lipinski definition) is 1. The van der Waals surface area contributed by atoms with Gasteiger partial charge < -0.3 is 14.9 Å². The summed E-state index contributed by atoms with van der Waals surface area (Å²) in [5, 5.41) is 24.6. The van der Waals surface area contributed by atoms with Crippen molar-refractivity contribution in [2.24, 2.45) is 5.92 Å². The van der Waals surface area contributed by atoms with Crippen molar-refractivity contribution >= 4 is 5.69 Å². The van der Waals surface area contributed by atoms with Crippen LogP contribution in [0.4, 0.5) is 5.69 Å². The van der Waals surface area contributed by atoms with E-state index in [9.17, 15) is 15.2 Å². The average molecular weight is 311 g/mol. The van der Waals surface area contributed by atoms with Gasteiger partial charge in [0.15, 0.2) is 0 Å². The number of aliphatic hydroxyl groups is 1. The summed E-state index contributed by atoms with van der Waals surface area (Å²) in [5.74, 6) is 0.680. The highest BCUT2D eigenvalue weighted by Gasteiger charge is 2.19. The monoisotopic (exact) mass is 311 g/mol. The van der Waals surface area contributed by atoms with Crippen LogP contribution in [-0.4, -0.2) is 76.0 Å². The molecule has 1 aromatic heterocycles. The molecule has 0 spiro atoms. The maximum absolute atomic E-state index is 10.6. The highest BCUT2D eigenvalue weighted by atomic mass is 16.6. The molecule has 1 aliphatic heterocycles. The fourth-order valence-corrected chi connectivity index (χ4v) is 2.94. The van der Waals surface area contributed by atoms with Crippen LogP contribution in [0.15, 0.2) is 12.4 Å². The van der Waals surface area contributed by atoms with Crippen molar-refractivity contribution in [2.45, 2.75) is 25.5 Å². The molecule has 2 heterocycles. The first-order valence-corrected chi connectivity index (χ1v) is 7.66. The molecule has 1 aromatic rings. The molecule has 1 saturated heterocycles. The molecule has 0 bridgehead atoms. The molecule has 0 amide bonds. The maximum Gasteiger partial charge on any atom is 0.306 e. The summed E-state index contributed by atoms with van der Waals surface area (Å²) < 4.78 is 1.42. The Morgan fingerprint density at radius 1 is 1.55 bits per heavy atom. The van der Waals surface area contributed by atoms with E-state index in [1.54, 1.807) is 0 Å². The molecule has 0 saturated carbocycles. The molecule has 22 heavy (non-hydrogen) atoms. The van der Waals surface area contributed by atoms with Crippen molar-refractivity contribution in [3.8, 4) is 0 Å². The lowest BCUT2D eigenvalue weighted by Crippen LogP contribution is -2.39. The van der Waals surface area contributed by atoms with E-state index in [4.69, 9.17) is 0 Å². The smallest absolute Gasteiger partial charge is 0.306 e. The van der Waals surface area contributed by atoms with Gasteiger partial charge in [-0.05, 0) is 45.9 Å². The van der Waals surface area contributed by atoms with Crippen LogP contribution in [-0.2, 0) is 6.54 Å². The summed E-state index contributed by atoms with van der Waals surface area (Å²) in [5.41, 5.74) is -0.0492. The van der Waals surface area contributed by atoms with Gasteiger partial charge in [-0.1, -0.05) is 0 Å². The van der Waals surface area contributed by atoms with Crippen molar-refractivity contribution < 1.29 is 10.0 Å². The van der Waals surface area contributed by atoms with E-state index >= 15 is 0 Å². The van der Waals surface area contributed by atoms with Crippen LogP contribution in [0.2, 0.25) is 0 Å². The zero-order valence-electron chi connectivity index (χ0n) is 13.3. The van der Waals surface area contributed by atoms with Crippen molar-refractivity contribution in [3.63, 3.8) is 0 Å². The number of piperidine rings is 1. The predicted octanol–water partition coefficient (Wildman–Crippen LogP) is 0.426. The Kier molecular flexibility index (Phi) is 5.87. The number of likely N-dealkylation sites (tertiary alicyclic amines) is 1. The van der Waals surface area contributed by atoms with Gasteiger partial charge in [0.25, 0.3) is 0 Å². The third-order valence-electron chi connectivity index (χ3n) is 4.16. The third-order valence-corrected chi connectivity index (χ3v) is 4.16. The molecule has 1 atom stereocenters. The standard InChI is InChI=1S/C14H25N5O3/c1-16-5-3-12(4-6-16)8-17(2)10-14(20)11-18-9-13(7-15-18)19(21)22/h7,9,12,14,20H,3-6,8,10-11H2,1-2H3. The van der Waals surface area contributed by atoms with Crippen molar-refractivity contribution in [2.75, 3.05) is 40.3 Å². The SMILES string of the molecule is CN1CCC(CN(C)CC(O)Cn2cc([N+](=O)[O-])cn2)CC1. The first-order chi connectivity index (χ1) is 10.4. The van der Waals surface area contributed by atoms with Crippen molar-refractivity contribution in [1.29, 1.82) is 0 Å². The lowest BCUT2D eigenvalue weighted by molar-refractivity contribution is -0.385. The van der Waals surface area contributed by atoms with Gasteiger partial charge >= 0.3 is 5.69 Å². The quantitative estimate of drug-likeness (QED) is 0.580. The third kappa shape index (κ3) is 5.04. The first kappa shape index (κ1) is 16.9. The van der Waals surface area contributed by atoms with E-state index in [0.717, 1.165) is 19.6 Å². The molecular weight excluding hydrogens is 286 g/mol. The van der Waals surface area contributed by atoms with Gasteiger partial charge in [0.05, 0.1) is 17.6 Å². The maximum atomic E-state index is 10.6. The van der Waals surface area contributed by atoms with E-state index in [1.807, 2.05) is 7.05 Å². The normalized spacial score (nSPS) is 18.7. The Morgan fingerprint density at radius 2 is 2.23 bits per heavy atom. The van der Waals surface area contributed by atoms with Crippen LogP contribution in [0.25, 0.3) is 0 Å². The van der Waals surface area contributed by atoms with E-state index in [-0.39, 0.29) is 12.2 Å². The predicted molar refractivity (Wildman–Crippen MR) is 82.6 cm³/mol. The van der Waals surface area contributed by atoms with Crippen LogP contribution < -0.4 is 0 Å². The van der Waals surface area contributed by atoms with Gasteiger partial charge in [0.1, 0.15) is 12.4 Å². The summed E-state index contributed by atoms with van der Waals surface area (Å²) in [6.07, 6.45) is 4.36. The molecule has 1 unspecified atom stereocenters. The largest absolute Gasteiger partial charge is 0.390 e. The topological polar surface area (TPSA) is 87.7 Å². The van der Waals surface area contributed by atoms with Gasteiger partial charge in [-0.15, -0.1) is 0 Å². The first-order valence-electron chi connectivity index (χ1n) is 7.66. The molecule has 2 rings (SSSR count). The number of aliphatic hydroxyl groups excluding tert-OH is 1. The molecule has 1 N–H and O–H groups in total. The number of nitrogens with zero attached hydrogens (tertiary/aromatic N) is 5. The van der Waals surface area contributed by atoms with Crippen LogP contribution in [0.5, 0.6) is 0 Å². The fourth-order valence-electron chi connectivity index (χ4n) is 2.94. The number of likely N-dealkylation sites (N-methyl/N-ethyl adjacent to an activating group) is 1. The second-order valence-electron chi connectivity index (χ2n) is 6.30. The Labute approximate surface area is 130 Å². The van der Waals surface area contributed by atoms with E-state index in [2.05, 4.69) is 21.9 Å². The summed E-state index contributed by atoms with van der Waals surface area (Å²) in [4.78, 5) is 14.6. The average Bonchev–Trinajstić information content (AvgIpc) is 2.89. The van der Waals surface area contributed by atoms with Crippen molar-refractivity contribution in [1.82, 2.24) is 19.6 Å². The van der Waals surface area contributed by atoms with E-state index in [1.165, 1.54) is 29.9 Å². The Bertz CT molecular complexity index is 485. The molecule has 1 fully saturated rings. The summed E-state index contributed by atoms with van der Waals surface area (Å²) in [6, 6.07) is 0. The minimum Gasteiger partial charge on any atom is -0.390 e. The molecular formula is C14H25N5O3. The van der Waals surface area contributed by atoms with Crippen LogP contribution in [0, 0.1) is 16.0 Å². The Morgan fingerprint density at radius 3 is 2.82 bits per heavy atom. The second-order valence-corrected chi connectivity index (χ2v) is 6.30. The Hall–Kier alpha value is -1.51. The molecule has 0 aromatic carbocycles. The van der Waals surface area contributed by atoms with Gasteiger partial charge in [-0.3, -0.25) is 14.8 Å². The summed E-state index contributed by atoms with van der Waals surface area (Å²) in [6.45, 7) is 4.06. The number of nitro groups is 1. The van der Waals surface area contributed by atoms with Crippen LogP contribution >= 0.6 is 0 Å². The van der Waals surface area contributed by atoms with Crippen LogP contribution in [0.3, 0.4) is 0 Å². The fraction of sp³-hybridized carbons (Fsp3) is 0.786. The minimum atomic E-state index is -0.587. The molecule has 124 valence electrons. The molecule has 1 aliphatic rings. The van der Waals surface area contributed by atoms with E-state index < -0.39 is 11.0 Å². The highest BCUT2D eigenvalue weighted by Crippen LogP contribution is 2.17. The van der Waals surface area contributed by atoms with Gasteiger partial charge in [0, 0.05) is 13.1 Å². The van der Waals surface area contributed by atoms with E-state index in [0.29, 0.717) is 12.5 Å². The van der Waals surface area contributed by atoms with Gasteiger partial charge in [0.2, 0.25) is 0 Å². The zero-order chi connectivity index (χ0) is 16.1. The Balaban J connectivity index is 1.73. The van der Waals surface area contributed by atoms with Crippen LogP contribution in [0.1, 0.15) is 12.8 Å². The molecule has 8 nitrogen and oxygen atoms in total. The highest BCUT2D eigenvalue weighted by molar-refractivity contribution is 5.20.